The molecule has 0 spiro atoms. The number of amides is 2. The third kappa shape index (κ3) is 9.23. The third-order valence-electron chi connectivity index (χ3n) is 6.83. The van der Waals surface area contributed by atoms with Crippen LogP contribution >= 0.6 is 48.8 Å². The van der Waals surface area contributed by atoms with Crippen molar-refractivity contribution in [2.45, 2.75) is 38.1 Å². The monoisotopic (exact) mass is 619 g/mol. The van der Waals surface area contributed by atoms with Crippen molar-refractivity contribution in [1.82, 2.24) is 14.8 Å². The number of hydrogen-bond acceptors (Lipinski definition) is 6. The fraction of sp³-hybridized carbons (Fsp3) is 0.444. The molecule has 0 atom stereocenters. The first-order chi connectivity index (χ1) is 17.3. The molecule has 8 nitrogen and oxygen atoms in total. The van der Waals surface area contributed by atoms with Crippen LogP contribution in [0.3, 0.4) is 0 Å². The number of furan rings is 1. The minimum absolute atomic E-state index is 0. The van der Waals surface area contributed by atoms with Crippen LogP contribution in [0.15, 0.2) is 47.0 Å². The third-order valence-corrected chi connectivity index (χ3v) is 7.05. The van der Waals surface area contributed by atoms with E-state index in [0.29, 0.717) is 33.5 Å². The van der Waals surface area contributed by atoms with Gasteiger partial charge in [0.25, 0.3) is 5.91 Å². The Labute approximate surface area is 253 Å². The van der Waals surface area contributed by atoms with Crippen LogP contribution in [-0.4, -0.2) is 66.9 Å². The molecule has 12 heteroatoms. The maximum absolute atomic E-state index is 13.3. The van der Waals surface area contributed by atoms with Crippen LogP contribution in [0.5, 0.6) is 0 Å². The van der Waals surface area contributed by atoms with Gasteiger partial charge in [-0.3, -0.25) is 9.59 Å². The SMILES string of the molecule is CN(C)CCCN(C)[C@H]1CC[C@H](C(=O)Nc2c(C(=O)Nc3ccc(Cl)cn3)oc3ccccc23)CC1.Cl.Cl.Cl. The number of fused-ring (bicyclic) bond motifs is 1. The summed E-state index contributed by atoms with van der Waals surface area (Å²) in [7, 11) is 6.37. The Morgan fingerprint density at radius 3 is 2.31 bits per heavy atom. The zero-order valence-corrected chi connectivity index (χ0v) is 25.5. The molecule has 2 N–H and O–H groups in total. The summed E-state index contributed by atoms with van der Waals surface area (Å²) in [5, 5.41) is 6.90. The van der Waals surface area contributed by atoms with E-state index in [2.05, 4.69) is 46.6 Å². The highest BCUT2D eigenvalue weighted by Gasteiger charge is 2.30. The van der Waals surface area contributed by atoms with Crippen molar-refractivity contribution in [3.05, 3.63) is 53.4 Å². The topological polar surface area (TPSA) is 90.7 Å². The van der Waals surface area contributed by atoms with Crippen molar-refractivity contribution in [1.29, 1.82) is 0 Å². The summed E-state index contributed by atoms with van der Waals surface area (Å²) in [4.78, 5) is 35.1. The lowest BCUT2D eigenvalue weighted by atomic mass is 9.84. The van der Waals surface area contributed by atoms with E-state index in [0.717, 1.165) is 45.2 Å². The van der Waals surface area contributed by atoms with Gasteiger partial charge in [0.2, 0.25) is 11.7 Å². The number of halogens is 4. The smallest absolute Gasteiger partial charge is 0.294 e. The van der Waals surface area contributed by atoms with Crippen LogP contribution in [0, 0.1) is 5.92 Å². The normalized spacial score (nSPS) is 16.7. The molecule has 2 aromatic heterocycles. The van der Waals surface area contributed by atoms with Crippen LogP contribution in [0.4, 0.5) is 11.5 Å². The molecule has 3 aromatic rings. The maximum atomic E-state index is 13.3. The second kappa shape index (κ2) is 16.3. The summed E-state index contributed by atoms with van der Waals surface area (Å²) in [5.74, 6) is -0.266. The van der Waals surface area contributed by atoms with E-state index in [-0.39, 0.29) is 54.8 Å². The Hall–Kier alpha value is -2.07. The summed E-state index contributed by atoms with van der Waals surface area (Å²) in [5.41, 5.74) is 0.926. The first kappa shape index (κ1) is 35.0. The molecule has 0 aliphatic heterocycles. The van der Waals surface area contributed by atoms with Crippen LogP contribution in [-0.2, 0) is 4.79 Å². The zero-order valence-electron chi connectivity index (χ0n) is 22.3. The summed E-state index contributed by atoms with van der Waals surface area (Å²) < 4.78 is 5.86. The molecule has 1 aromatic carbocycles. The van der Waals surface area contributed by atoms with Crippen molar-refractivity contribution in [2.24, 2.45) is 5.92 Å². The predicted octanol–water partition coefficient (Wildman–Crippen LogP) is 6.38. The van der Waals surface area contributed by atoms with E-state index >= 15 is 0 Å². The Kier molecular flexibility index (Phi) is 14.6. The number of carbonyl (C=O) groups excluding carboxylic acids is 2. The van der Waals surface area contributed by atoms with Gasteiger partial charge in [0.05, 0.1) is 5.02 Å². The highest BCUT2D eigenvalue weighted by Crippen LogP contribution is 2.34. The standard InChI is InChI=1S/C27H34ClN5O3.3ClH/c1-32(2)15-6-16-33(3)20-12-9-18(10-13-20)26(34)31-24-21-7-4-5-8-22(21)36-25(24)27(35)30-23-14-11-19(28)17-29-23;;;/h4-5,7-8,11,14,17-18,20H,6,9-10,12-13,15-16H2,1-3H3,(H,31,34)(H,29,30,35);3*1H/t18-,20-;;;. The highest BCUT2D eigenvalue weighted by molar-refractivity contribution is 6.30. The maximum Gasteiger partial charge on any atom is 0.294 e. The Morgan fingerprint density at radius 2 is 1.67 bits per heavy atom. The average molecular weight is 621 g/mol. The number of nitrogens with one attached hydrogen (secondary N) is 2. The molecule has 1 fully saturated rings. The molecule has 1 saturated carbocycles. The van der Waals surface area contributed by atoms with Crippen LogP contribution in [0.1, 0.15) is 42.7 Å². The van der Waals surface area contributed by atoms with Gasteiger partial charge in [0.1, 0.15) is 17.1 Å². The molecule has 1 aliphatic rings. The number of rotatable bonds is 9. The molecular weight excluding hydrogens is 584 g/mol. The summed E-state index contributed by atoms with van der Waals surface area (Å²) in [6, 6.07) is 11.0. The molecule has 0 bridgehead atoms. The Bertz CT molecular complexity index is 1200. The number of anilines is 2. The minimum atomic E-state index is -0.487. The fourth-order valence-electron chi connectivity index (χ4n) is 4.78. The molecule has 4 rings (SSSR count). The quantitative estimate of drug-likeness (QED) is 0.288. The molecule has 0 unspecified atom stereocenters. The van der Waals surface area contributed by atoms with Crippen molar-refractivity contribution in [3.8, 4) is 0 Å². The van der Waals surface area contributed by atoms with E-state index in [1.165, 1.54) is 6.20 Å². The molecule has 39 heavy (non-hydrogen) atoms. The molecule has 0 saturated heterocycles. The van der Waals surface area contributed by atoms with Crippen molar-refractivity contribution >= 4 is 83.1 Å². The van der Waals surface area contributed by atoms with E-state index in [9.17, 15) is 9.59 Å². The van der Waals surface area contributed by atoms with Crippen molar-refractivity contribution in [3.63, 3.8) is 0 Å². The largest absolute Gasteiger partial charge is 0.449 e. The number of para-hydroxylation sites is 1. The van der Waals surface area contributed by atoms with Crippen LogP contribution < -0.4 is 10.6 Å². The summed E-state index contributed by atoms with van der Waals surface area (Å²) in [6.07, 6.45) is 6.19. The van der Waals surface area contributed by atoms with Gasteiger partial charge in [-0.05, 0) is 90.6 Å². The second-order valence-corrected chi connectivity index (χ2v) is 10.2. The second-order valence-electron chi connectivity index (χ2n) is 9.75. The fourth-order valence-corrected chi connectivity index (χ4v) is 4.89. The van der Waals surface area contributed by atoms with Gasteiger partial charge in [0, 0.05) is 23.5 Å². The van der Waals surface area contributed by atoms with Gasteiger partial charge in [0.15, 0.2) is 0 Å². The van der Waals surface area contributed by atoms with Crippen LogP contribution in [0.25, 0.3) is 11.0 Å². The minimum Gasteiger partial charge on any atom is -0.449 e. The number of hydrogen-bond donors (Lipinski definition) is 2. The molecule has 0 radical (unpaired) electrons. The van der Waals surface area contributed by atoms with Gasteiger partial charge in [-0.1, -0.05) is 23.7 Å². The molecular formula is C27H37Cl4N5O3. The first-order valence-corrected chi connectivity index (χ1v) is 12.8. The van der Waals surface area contributed by atoms with Crippen molar-refractivity contribution < 1.29 is 14.0 Å². The molecule has 216 valence electrons. The summed E-state index contributed by atoms with van der Waals surface area (Å²) in [6.45, 7) is 2.13. The van der Waals surface area contributed by atoms with Gasteiger partial charge in [-0.25, -0.2) is 4.98 Å². The first-order valence-electron chi connectivity index (χ1n) is 12.4. The number of benzene rings is 1. The lowest BCUT2D eigenvalue weighted by Gasteiger charge is -2.34. The van der Waals surface area contributed by atoms with Crippen molar-refractivity contribution in [2.75, 3.05) is 44.9 Å². The lowest BCUT2D eigenvalue weighted by molar-refractivity contribution is -0.121. The molecule has 2 amide bonds. The van der Waals surface area contributed by atoms with E-state index < -0.39 is 5.91 Å². The van der Waals surface area contributed by atoms with Gasteiger partial charge >= 0.3 is 0 Å². The number of aromatic nitrogens is 1. The van der Waals surface area contributed by atoms with E-state index in [1.54, 1.807) is 18.2 Å². The van der Waals surface area contributed by atoms with E-state index in [1.807, 2.05) is 18.2 Å². The van der Waals surface area contributed by atoms with Gasteiger partial charge in [-0.15, -0.1) is 37.2 Å². The number of carbonyl (C=O) groups is 2. The molecule has 1 aliphatic carbocycles. The zero-order chi connectivity index (χ0) is 25.7. The number of pyridine rings is 1. The van der Waals surface area contributed by atoms with E-state index in [4.69, 9.17) is 16.0 Å². The van der Waals surface area contributed by atoms with Gasteiger partial charge in [-0.2, -0.15) is 0 Å². The van der Waals surface area contributed by atoms with Crippen LogP contribution in [0.2, 0.25) is 5.02 Å². The Balaban J connectivity index is 0.00000253. The average Bonchev–Trinajstić information content (AvgIpc) is 3.23. The molecule has 2 heterocycles. The Morgan fingerprint density at radius 1 is 0.974 bits per heavy atom. The number of nitrogens with zero attached hydrogens (tertiary/aromatic N) is 3. The predicted molar refractivity (Wildman–Crippen MR) is 165 cm³/mol. The van der Waals surface area contributed by atoms with Gasteiger partial charge < -0.3 is 24.9 Å². The highest BCUT2D eigenvalue weighted by atomic mass is 35.5. The lowest BCUT2D eigenvalue weighted by Crippen LogP contribution is -2.38. The summed E-state index contributed by atoms with van der Waals surface area (Å²) >= 11 is 5.89.